The molecule has 0 radical (unpaired) electrons. The number of fused-ring (bicyclic) bond motifs is 1. The van der Waals surface area contributed by atoms with Crippen molar-refractivity contribution in [2.24, 2.45) is 0 Å². The van der Waals surface area contributed by atoms with E-state index in [0.29, 0.717) is 12.1 Å². The van der Waals surface area contributed by atoms with Gasteiger partial charge in [0, 0.05) is 17.0 Å². The Bertz CT molecular complexity index is 952. The monoisotopic (exact) mass is 413 g/mol. The number of aromatic nitrogens is 1. The minimum absolute atomic E-state index is 0.0180. The molecule has 148 valence electrons. The predicted molar refractivity (Wildman–Crippen MR) is 122 cm³/mol. The maximum Gasteiger partial charge on any atom is 0.260 e. The summed E-state index contributed by atoms with van der Waals surface area (Å²) < 4.78 is 1.14. The number of aryl methyl sites for hydroxylation is 1. The summed E-state index contributed by atoms with van der Waals surface area (Å²) in [4.78, 5) is 23.2. The first-order valence-electron chi connectivity index (χ1n) is 9.52. The van der Waals surface area contributed by atoms with E-state index in [4.69, 9.17) is 4.98 Å². The number of hydrogen-bond acceptors (Lipinski definition) is 5. The largest absolute Gasteiger partial charge is 0.309 e. The molecule has 0 saturated heterocycles. The highest BCUT2D eigenvalue weighted by Crippen LogP contribution is 2.31. The van der Waals surface area contributed by atoms with Gasteiger partial charge in [0.25, 0.3) is 5.91 Å². The van der Waals surface area contributed by atoms with E-state index < -0.39 is 0 Å². The Morgan fingerprint density at radius 3 is 2.68 bits per heavy atom. The number of carbonyl (C=O) groups excluding carboxylic acids is 1. The minimum Gasteiger partial charge on any atom is -0.309 e. The Hall–Kier alpha value is -1.89. The van der Waals surface area contributed by atoms with Gasteiger partial charge < -0.3 is 4.90 Å². The molecule has 1 heterocycles. The molecule has 0 bridgehead atoms. The van der Waals surface area contributed by atoms with Crippen LogP contribution in [0.1, 0.15) is 29.3 Å². The van der Waals surface area contributed by atoms with Gasteiger partial charge in [-0.3, -0.25) is 9.69 Å². The first-order chi connectivity index (χ1) is 13.5. The van der Waals surface area contributed by atoms with Crippen LogP contribution < -0.4 is 4.90 Å². The van der Waals surface area contributed by atoms with Gasteiger partial charge in [0.15, 0.2) is 5.13 Å². The van der Waals surface area contributed by atoms with Gasteiger partial charge in [-0.15, -0.1) is 11.8 Å². The Morgan fingerprint density at radius 1 is 1.14 bits per heavy atom. The van der Waals surface area contributed by atoms with Gasteiger partial charge in [-0.2, -0.15) is 0 Å². The van der Waals surface area contributed by atoms with Crippen LogP contribution in [-0.4, -0.2) is 49.2 Å². The first kappa shape index (κ1) is 20.8. The number of rotatable bonds is 8. The highest BCUT2D eigenvalue weighted by Gasteiger charge is 2.21. The third-order valence-electron chi connectivity index (χ3n) is 4.63. The summed E-state index contributed by atoms with van der Waals surface area (Å²) in [6.07, 6.45) is 3.92. The normalized spacial score (nSPS) is 11.3. The maximum absolute atomic E-state index is 13.4. The second-order valence-corrected chi connectivity index (χ2v) is 8.89. The fraction of sp³-hybridized carbons (Fsp3) is 0.364. The third-order valence-corrected chi connectivity index (χ3v) is 6.40. The van der Waals surface area contributed by atoms with Crippen LogP contribution in [0, 0.1) is 0 Å². The number of thiazole rings is 1. The van der Waals surface area contributed by atoms with E-state index >= 15 is 0 Å². The number of carbonyl (C=O) groups is 1. The summed E-state index contributed by atoms with van der Waals surface area (Å²) in [5, 5.41) is 0.779. The highest BCUT2D eigenvalue weighted by molar-refractivity contribution is 7.98. The maximum atomic E-state index is 13.4. The average molecular weight is 414 g/mol. The number of thioether (sulfide) groups is 1. The molecule has 3 rings (SSSR count). The molecule has 0 saturated carbocycles. The van der Waals surface area contributed by atoms with Gasteiger partial charge in [-0.25, -0.2) is 4.98 Å². The molecule has 1 aromatic heterocycles. The SMILES string of the molecule is CCc1ccc2nc(N(CCCN(C)C)C(=O)c3cccc(SC)c3)sc2c1. The lowest BCUT2D eigenvalue weighted by atomic mass is 10.2. The van der Waals surface area contributed by atoms with E-state index in [-0.39, 0.29) is 5.91 Å². The summed E-state index contributed by atoms with van der Waals surface area (Å²) in [5.74, 6) is 0.0180. The van der Waals surface area contributed by atoms with Gasteiger partial charge in [-0.1, -0.05) is 30.4 Å². The summed E-state index contributed by atoms with van der Waals surface area (Å²) in [6, 6.07) is 14.2. The van der Waals surface area contributed by atoms with E-state index in [1.54, 1.807) is 23.1 Å². The molecule has 0 N–H and O–H groups in total. The van der Waals surface area contributed by atoms with Crippen molar-refractivity contribution in [3.05, 3.63) is 53.6 Å². The van der Waals surface area contributed by atoms with Crippen molar-refractivity contribution in [2.75, 3.05) is 38.3 Å². The molecule has 2 aromatic carbocycles. The second kappa shape index (κ2) is 9.54. The summed E-state index contributed by atoms with van der Waals surface area (Å²) >= 11 is 3.25. The van der Waals surface area contributed by atoms with Crippen molar-refractivity contribution in [3.63, 3.8) is 0 Å². The number of anilines is 1. The predicted octanol–water partition coefficient (Wildman–Crippen LogP) is 5.18. The van der Waals surface area contributed by atoms with Crippen LogP contribution in [0.15, 0.2) is 47.4 Å². The van der Waals surface area contributed by atoms with Crippen LogP contribution in [0.2, 0.25) is 0 Å². The van der Waals surface area contributed by atoms with Crippen LogP contribution >= 0.6 is 23.1 Å². The number of benzene rings is 2. The van der Waals surface area contributed by atoms with Crippen molar-refractivity contribution in [3.8, 4) is 0 Å². The van der Waals surface area contributed by atoms with Gasteiger partial charge in [-0.05, 0) is 75.6 Å². The summed E-state index contributed by atoms with van der Waals surface area (Å²) in [6.45, 7) is 3.74. The number of nitrogens with zero attached hydrogens (tertiary/aromatic N) is 3. The molecular formula is C22H27N3OS2. The van der Waals surface area contributed by atoms with E-state index in [1.807, 2.05) is 35.4 Å². The lowest BCUT2D eigenvalue weighted by molar-refractivity contribution is 0.0986. The van der Waals surface area contributed by atoms with E-state index in [1.165, 1.54) is 5.56 Å². The standard InChI is InChI=1S/C22H27N3OS2/c1-5-16-10-11-19-20(14-16)28-22(23-19)25(13-7-12-24(2)3)21(26)17-8-6-9-18(15-17)27-4/h6,8-11,14-15H,5,7,12-13H2,1-4H3. The average Bonchev–Trinajstić information content (AvgIpc) is 3.13. The molecule has 0 unspecified atom stereocenters. The lowest BCUT2D eigenvalue weighted by Crippen LogP contribution is -2.33. The van der Waals surface area contributed by atoms with Crippen LogP contribution in [0.4, 0.5) is 5.13 Å². The van der Waals surface area contributed by atoms with Gasteiger partial charge >= 0.3 is 0 Å². The third kappa shape index (κ3) is 4.93. The highest BCUT2D eigenvalue weighted by atomic mass is 32.2. The Labute approximate surface area is 175 Å². The fourth-order valence-corrected chi connectivity index (χ4v) is 4.55. The molecule has 0 atom stereocenters. The van der Waals surface area contributed by atoms with E-state index in [9.17, 15) is 4.79 Å². The van der Waals surface area contributed by atoms with Crippen LogP contribution in [0.25, 0.3) is 10.2 Å². The topological polar surface area (TPSA) is 36.4 Å². The zero-order chi connectivity index (χ0) is 20.1. The molecule has 0 aliphatic heterocycles. The smallest absolute Gasteiger partial charge is 0.260 e. The van der Waals surface area contributed by atoms with Crippen molar-refractivity contribution < 1.29 is 4.79 Å². The molecule has 0 aliphatic rings. The number of amides is 1. The molecule has 1 amide bonds. The van der Waals surface area contributed by atoms with E-state index in [2.05, 4.69) is 44.1 Å². The Kier molecular flexibility index (Phi) is 7.10. The van der Waals surface area contributed by atoms with Crippen molar-refractivity contribution in [1.29, 1.82) is 0 Å². The molecule has 4 nitrogen and oxygen atoms in total. The van der Waals surface area contributed by atoms with Gasteiger partial charge in [0.05, 0.1) is 10.2 Å². The zero-order valence-electron chi connectivity index (χ0n) is 16.9. The summed E-state index contributed by atoms with van der Waals surface area (Å²) in [5.41, 5.74) is 2.96. The molecule has 3 aromatic rings. The lowest BCUT2D eigenvalue weighted by Gasteiger charge is -2.21. The van der Waals surface area contributed by atoms with Crippen molar-refractivity contribution in [1.82, 2.24) is 9.88 Å². The molecule has 0 aliphatic carbocycles. The van der Waals surface area contributed by atoms with Crippen LogP contribution in [0.5, 0.6) is 0 Å². The second-order valence-electron chi connectivity index (χ2n) is 7.00. The molecule has 0 spiro atoms. The molecular weight excluding hydrogens is 386 g/mol. The first-order valence-corrected chi connectivity index (χ1v) is 11.6. The van der Waals surface area contributed by atoms with Crippen LogP contribution in [0.3, 0.4) is 0 Å². The quantitative estimate of drug-likeness (QED) is 0.477. The molecule has 28 heavy (non-hydrogen) atoms. The Morgan fingerprint density at radius 2 is 1.96 bits per heavy atom. The van der Waals surface area contributed by atoms with Crippen molar-refractivity contribution >= 4 is 44.4 Å². The van der Waals surface area contributed by atoms with E-state index in [0.717, 1.165) is 39.6 Å². The zero-order valence-corrected chi connectivity index (χ0v) is 18.6. The van der Waals surface area contributed by atoms with Crippen LogP contribution in [-0.2, 0) is 6.42 Å². The fourth-order valence-electron chi connectivity index (χ4n) is 3.03. The minimum atomic E-state index is 0.0180. The Balaban J connectivity index is 1.94. The van der Waals surface area contributed by atoms with Gasteiger partial charge in [0.1, 0.15) is 0 Å². The molecule has 6 heteroatoms. The number of hydrogen-bond donors (Lipinski definition) is 0. The van der Waals surface area contributed by atoms with Crippen molar-refractivity contribution in [2.45, 2.75) is 24.7 Å². The van der Waals surface area contributed by atoms with Gasteiger partial charge in [0.2, 0.25) is 0 Å². The summed E-state index contributed by atoms with van der Waals surface area (Å²) in [7, 11) is 4.11. The molecule has 0 fully saturated rings.